The maximum atomic E-state index is 6.54. The number of hydrogen-bond donors (Lipinski definition) is 0. The summed E-state index contributed by atoms with van der Waals surface area (Å²) in [7, 11) is 0. The van der Waals surface area contributed by atoms with Crippen molar-refractivity contribution < 1.29 is 8.83 Å². The Morgan fingerprint density at radius 2 is 1.17 bits per heavy atom. The van der Waals surface area contributed by atoms with Crippen LogP contribution in [0.15, 0.2) is 185 Å². The molecule has 0 atom stereocenters. The van der Waals surface area contributed by atoms with Crippen LogP contribution in [0.3, 0.4) is 0 Å². The lowest BCUT2D eigenvalue weighted by atomic mass is 9.82. The summed E-state index contributed by atoms with van der Waals surface area (Å²) in [6.07, 6.45) is 7.92. The lowest BCUT2D eigenvalue weighted by Gasteiger charge is -2.21. The lowest BCUT2D eigenvalue weighted by molar-refractivity contribution is 0.660. The van der Waals surface area contributed by atoms with Crippen molar-refractivity contribution in [2.24, 2.45) is 0 Å². The minimum Gasteiger partial charge on any atom is -0.456 e. The molecule has 0 bridgehead atoms. The van der Waals surface area contributed by atoms with Crippen LogP contribution in [0.5, 0.6) is 0 Å². The summed E-state index contributed by atoms with van der Waals surface area (Å²) in [6.45, 7) is 10.6. The van der Waals surface area contributed by atoms with Crippen LogP contribution in [0.1, 0.15) is 37.5 Å². The van der Waals surface area contributed by atoms with Crippen LogP contribution in [-0.4, -0.2) is 15.0 Å². The standard InChI is InChI=1S/C55H39N3O2/c1-5-13-33(14-6-2)34-15-11-16-37(29-34)52-56-53(38-23-26-41-40-18-8-10-21-47(40)60-50(41)32-38)58-54(57-52)42-19-12-22-49-51(42)44-31-36(25-28-48(44)59-49)35-24-27-46-43(30-35)39-17-7-9-20-45(39)55(46,3)4/h5-32H,1H2,2-4H3/b14-6-,33-13+. The van der Waals surface area contributed by atoms with E-state index in [-0.39, 0.29) is 5.41 Å². The van der Waals surface area contributed by atoms with Gasteiger partial charge in [-0.1, -0.05) is 142 Å². The zero-order chi connectivity index (χ0) is 40.5. The normalized spacial score (nSPS) is 13.5. The largest absolute Gasteiger partial charge is 0.456 e. The van der Waals surface area contributed by atoms with Gasteiger partial charge in [0.25, 0.3) is 0 Å². The average molecular weight is 774 g/mol. The zero-order valence-corrected chi connectivity index (χ0v) is 33.5. The van der Waals surface area contributed by atoms with E-state index >= 15 is 0 Å². The molecule has 286 valence electrons. The second-order valence-electron chi connectivity index (χ2n) is 16.0. The second-order valence-corrected chi connectivity index (χ2v) is 16.0. The summed E-state index contributed by atoms with van der Waals surface area (Å²) in [5.74, 6) is 1.66. The molecular weight excluding hydrogens is 735 g/mol. The minimum absolute atomic E-state index is 0.0530. The Bertz CT molecular complexity index is 3450. The Hall–Kier alpha value is -7.63. The summed E-state index contributed by atoms with van der Waals surface area (Å²) in [5.41, 5.74) is 15.4. The summed E-state index contributed by atoms with van der Waals surface area (Å²) in [5, 5.41) is 4.07. The van der Waals surface area contributed by atoms with Gasteiger partial charge < -0.3 is 8.83 Å². The predicted molar refractivity (Wildman–Crippen MR) is 247 cm³/mol. The van der Waals surface area contributed by atoms with Crippen LogP contribution >= 0.6 is 0 Å². The summed E-state index contributed by atoms with van der Waals surface area (Å²) < 4.78 is 12.9. The fourth-order valence-electron chi connectivity index (χ4n) is 9.10. The van der Waals surface area contributed by atoms with Gasteiger partial charge in [0.2, 0.25) is 0 Å². The van der Waals surface area contributed by atoms with Gasteiger partial charge in [-0.3, -0.25) is 0 Å². The van der Waals surface area contributed by atoms with Crippen LogP contribution in [0.2, 0.25) is 0 Å². The monoisotopic (exact) mass is 773 g/mol. The molecule has 3 aromatic heterocycles. The van der Waals surface area contributed by atoms with Crippen LogP contribution in [-0.2, 0) is 5.41 Å². The van der Waals surface area contributed by atoms with Crippen molar-refractivity contribution in [3.05, 3.63) is 193 Å². The molecule has 0 radical (unpaired) electrons. The zero-order valence-electron chi connectivity index (χ0n) is 33.5. The molecule has 0 amide bonds. The van der Waals surface area contributed by atoms with Crippen LogP contribution in [0.25, 0.3) is 106 Å². The van der Waals surface area contributed by atoms with Crippen molar-refractivity contribution in [2.45, 2.75) is 26.2 Å². The average Bonchev–Trinajstić information content (AvgIpc) is 3.93. The Labute approximate surface area is 347 Å². The van der Waals surface area contributed by atoms with Gasteiger partial charge in [-0.05, 0) is 100.0 Å². The second kappa shape index (κ2) is 13.7. The van der Waals surface area contributed by atoms with Crippen molar-refractivity contribution in [3.63, 3.8) is 0 Å². The molecule has 0 fully saturated rings. The van der Waals surface area contributed by atoms with Gasteiger partial charge in [0.1, 0.15) is 22.3 Å². The highest BCUT2D eigenvalue weighted by molar-refractivity contribution is 6.13. The molecule has 0 saturated heterocycles. The van der Waals surface area contributed by atoms with E-state index in [4.69, 9.17) is 23.8 Å². The van der Waals surface area contributed by atoms with Gasteiger partial charge >= 0.3 is 0 Å². The molecule has 5 heteroatoms. The Balaban J connectivity index is 1.10. The van der Waals surface area contributed by atoms with E-state index in [0.29, 0.717) is 17.5 Å². The molecule has 1 aliphatic rings. The summed E-state index contributed by atoms with van der Waals surface area (Å²) in [6, 6.07) is 50.8. The number of furan rings is 2. The lowest BCUT2D eigenvalue weighted by Crippen LogP contribution is -2.14. The topological polar surface area (TPSA) is 65.0 Å². The molecule has 10 aromatic rings. The highest BCUT2D eigenvalue weighted by Gasteiger charge is 2.35. The number of allylic oxidation sites excluding steroid dienone is 5. The first-order valence-corrected chi connectivity index (χ1v) is 20.3. The first kappa shape index (κ1) is 35.5. The van der Waals surface area contributed by atoms with E-state index in [1.807, 2.05) is 67.6 Å². The first-order chi connectivity index (χ1) is 29.4. The fourth-order valence-corrected chi connectivity index (χ4v) is 9.10. The molecule has 0 spiro atoms. The molecule has 5 nitrogen and oxygen atoms in total. The maximum Gasteiger partial charge on any atom is 0.164 e. The molecule has 60 heavy (non-hydrogen) atoms. The third-order valence-corrected chi connectivity index (χ3v) is 12.0. The highest BCUT2D eigenvalue weighted by Crippen LogP contribution is 2.50. The van der Waals surface area contributed by atoms with Gasteiger partial charge in [-0.15, -0.1) is 0 Å². The molecule has 0 unspecified atom stereocenters. The SMILES string of the molecule is C=C/C=C(\C=C/C)c1cccc(-c2nc(-c3ccc4c(c3)oc3ccccc34)nc(-c3cccc4oc5ccc(-c6ccc7c(c6)-c6ccccc6C7(C)C)cc5c34)n2)c1. The number of benzene rings is 7. The van der Waals surface area contributed by atoms with E-state index in [2.05, 4.69) is 124 Å². The van der Waals surface area contributed by atoms with Gasteiger partial charge in [0.05, 0.1) is 0 Å². The van der Waals surface area contributed by atoms with Crippen molar-refractivity contribution >= 4 is 49.5 Å². The van der Waals surface area contributed by atoms with Crippen molar-refractivity contribution in [1.29, 1.82) is 0 Å². The molecule has 3 heterocycles. The number of para-hydroxylation sites is 1. The van der Waals surface area contributed by atoms with Crippen molar-refractivity contribution in [3.8, 4) is 56.4 Å². The van der Waals surface area contributed by atoms with Crippen LogP contribution in [0.4, 0.5) is 0 Å². The quantitative estimate of drug-likeness (QED) is 0.151. The summed E-state index contributed by atoms with van der Waals surface area (Å²) >= 11 is 0. The molecular formula is C55H39N3O2. The molecule has 0 saturated carbocycles. The van der Waals surface area contributed by atoms with E-state index < -0.39 is 0 Å². The third kappa shape index (κ3) is 5.65. The van der Waals surface area contributed by atoms with Gasteiger partial charge in [0, 0.05) is 43.7 Å². The fraction of sp³-hybridized carbons (Fsp3) is 0.0727. The molecule has 1 aliphatic carbocycles. The predicted octanol–water partition coefficient (Wildman–Crippen LogP) is 14.8. The molecule has 0 N–H and O–H groups in total. The third-order valence-electron chi connectivity index (χ3n) is 12.0. The number of fused-ring (bicyclic) bond motifs is 9. The smallest absolute Gasteiger partial charge is 0.164 e. The van der Waals surface area contributed by atoms with Gasteiger partial charge in [-0.2, -0.15) is 0 Å². The first-order valence-electron chi connectivity index (χ1n) is 20.3. The van der Waals surface area contributed by atoms with E-state index in [1.165, 1.54) is 22.3 Å². The number of hydrogen-bond acceptors (Lipinski definition) is 5. The van der Waals surface area contributed by atoms with E-state index in [9.17, 15) is 0 Å². The van der Waals surface area contributed by atoms with E-state index in [1.54, 1.807) is 6.08 Å². The number of rotatable bonds is 7. The minimum atomic E-state index is -0.0530. The van der Waals surface area contributed by atoms with Crippen LogP contribution in [0, 0.1) is 0 Å². The maximum absolute atomic E-state index is 6.54. The van der Waals surface area contributed by atoms with E-state index in [0.717, 1.165) is 82.8 Å². The molecule has 0 aliphatic heterocycles. The number of aromatic nitrogens is 3. The van der Waals surface area contributed by atoms with Crippen LogP contribution < -0.4 is 0 Å². The summed E-state index contributed by atoms with van der Waals surface area (Å²) in [4.78, 5) is 15.6. The molecule has 11 rings (SSSR count). The molecule has 7 aromatic carbocycles. The Morgan fingerprint density at radius 1 is 0.517 bits per heavy atom. The highest BCUT2D eigenvalue weighted by atomic mass is 16.3. The number of nitrogens with zero attached hydrogens (tertiary/aromatic N) is 3. The van der Waals surface area contributed by atoms with Crippen molar-refractivity contribution in [2.75, 3.05) is 0 Å². The van der Waals surface area contributed by atoms with Gasteiger partial charge in [0.15, 0.2) is 17.5 Å². The van der Waals surface area contributed by atoms with Gasteiger partial charge in [-0.25, -0.2) is 15.0 Å². The van der Waals surface area contributed by atoms with Crippen molar-refractivity contribution in [1.82, 2.24) is 15.0 Å². The Kier molecular flexibility index (Phi) is 8.14. The Morgan fingerprint density at radius 3 is 2.03 bits per heavy atom.